The number of carbonyl (C=O) groups is 1. The first kappa shape index (κ1) is 16.1. The van der Waals surface area contributed by atoms with Crippen LogP contribution in [-0.4, -0.2) is 39.7 Å². The van der Waals surface area contributed by atoms with Crippen molar-refractivity contribution in [3.63, 3.8) is 0 Å². The van der Waals surface area contributed by atoms with E-state index in [0.29, 0.717) is 18.6 Å². The molecule has 5 heteroatoms. The lowest BCUT2D eigenvalue weighted by atomic mass is 10.0. The molecule has 5 nitrogen and oxygen atoms in total. The summed E-state index contributed by atoms with van der Waals surface area (Å²) in [4.78, 5) is 15.0. The standard InChI is InChI=1S/C19H30N4O/c1-12-18(13(2)22(3)21-12)16-5-4-10-23(16)11-17(24)20-19(14-6-7-14)15-8-9-15/h14-16,19H,4-11H2,1-3H3,(H,20,24). The molecule has 0 aromatic carbocycles. The van der Waals surface area contributed by atoms with Crippen molar-refractivity contribution in [1.82, 2.24) is 20.0 Å². The van der Waals surface area contributed by atoms with Crippen molar-refractivity contribution >= 4 is 5.91 Å². The number of rotatable bonds is 6. The summed E-state index contributed by atoms with van der Waals surface area (Å²) in [6.07, 6.45) is 7.53. The number of likely N-dealkylation sites (tertiary alicyclic amines) is 1. The van der Waals surface area contributed by atoms with Crippen LogP contribution < -0.4 is 5.32 Å². The maximum Gasteiger partial charge on any atom is 0.234 e. The summed E-state index contributed by atoms with van der Waals surface area (Å²) >= 11 is 0. The Morgan fingerprint density at radius 3 is 2.42 bits per heavy atom. The molecule has 3 aliphatic rings. The van der Waals surface area contributed by atoms with Gasteiger partial charge in [-0.2, -0.15) is 5.10 Å². The van der Waals surface area contributed by atoms with Gasteiger partial charge in [-0.25, -0.2) is 0 Å². The van der Waals surface area contributed by atoms with Crippen LogP contribution in [0.4, 0.5) is 0 Å². The van der Waals surface area contributed by atoms with Crippen molar-refractivity contribution in [3.05, 3.63) is 17.0 Å². The van der Waals surface area contributed by atoms with Crippen LogP contribution in [-0.2, 0) is 11.8 Å². The fourth-order valence-corrected chi connectivity index (χ4v) is 4.56. The van der Waals surface area contributed by atoms with E-state index in [0.717, 1.165) is 30.5 Å². The lowest BCUT2D eigenvalue weighted by Gasteiger charge is -2.26. The van der Waals surface area contributed by atoms with E-state index in [9.17, 15) is 4.79 Å². The number of amides is 1. The lowest BCUT2D eigenvalue weighted by Crippen LogP contribution is -2.44. The van der Waals surface area contributed by atoms with Gasteiger partial charge >= 0.3 is 0 Å². The second-order valence-electron chi connectivity index (χ2n) is 8.10. The highest BCUT2D eigenvalue weighted by Gasteiger charge is 2.42. The lowest BCUT2D eigenvalue weighted by molar-refractivity contribution is -0.123. The fourth-order valence-electron chi connectivity index (χ4n) is 4.56. The predicted octanol–water partition coefficient (Wildman–Crippen LogP) is 2.48. The van der Waals surface area contributed by atoms with Crippen molar-refractivity contribution in [2.45, 2.75) is 64.5 Å². The molecule has 4 rings (SSSR count). The van der Waals surface area contributed by atoms with Gasteiger partial charge in [0.15, 0.2) is 0 Å². The summed E-state index contributed by atoms with van der Waals surface area (Å²) in [6, 6.07) is 0.810. The minimum Gasteiger partial charge on any atom is -0.352 e. The first-order chi connectivity index (χ1) is 11.5. The van der Waals surface area contributed by atoms with Gasteiger partial charge in [0.05, 0.1) is 12.2 Å². The second-order valence-corrected chi connectivity index (χ2v) is 8.10. The number of hydrogen-bond acceptors (Lipinski definition) is 3. The highest BCUT2D eigenvalue weighted by molar-refractivity contribution is 5.78. The van der Waals surface area contributed by atoms with Crippen LogP contribution in [0, 0.1) is 25.7 Å². The molecule has 2 aliphatic carbocycles. The molecule has 1 aromatic rings. The third-order valence-electron chi connectivity index (χ3n) is 6.20. The molecular weight excluding hydrogens is 300 g/mol. The number of aromatic nitrogens is 2. The average Bonchev–Trinajstić information content (AvgIpc) is 3.44. The summed E-state index contributed by atoms with van der Waals surface area (Å²) in [5, 5.41) is 7.94. The van der Waals surface area contributed by atoms with Gasteiger partial charge in [-0.1, -0.05) is 0 Å². The van der Waals surface area contributed by atoms with Gasteiger partial charge in [0, 0.05) is 30.4 Å². The Bertz CT molecular complexity index is 618. The summed E-state index contributed by atoms with van der Waals surface area (Å²) in [7, 11) is 2.01. The molecule has 1 aliphatic heterocycles. The number of hydrogen-bond donors (Lipinski definition) is 1. The van der Waals surface area contributed by atoms with Gasteiger partial charge in [0.2, 0.25) is 5.91 Å². The highest BCUT2D eigenvalue weighted by atomic mass is 16.2. The van der Waals surface area contributed by atoms with Gasteiger partial charge in [0.1, 0.15) is 0 Å². The van der Waals surface area contributed by atoms with Gasteiger partial charge in [-0.05, 0) is 70.8 Å². The molecule has 24 heavy (non-hydrogen) atoms. The molecule has 1 unspecified atom stereocenters. The molecule has 1 aromatic heterocycles. The minimum absolute atomic E-state index is 0.227. The van der Waals surface area contributed by atoms with E-state index in [1.54, 1.807) is 0 Å². The molecule has 1 saturated heterocycles. The van der Waals surface area contributed by atoms with Crippen molar-refractivity contribution in [2.24, 2.45) is 18.9 Å². The second kappa shape index (κ2) is 6.17. The van der Waals surface area contributed by atoms with E-state index in [1.807, 2.05) is 11.7 Å². The van der Waals surface area contributed by atoms with Gasteiger partial charge in [-0.3, -0.25) is 14.4 Å². The van der Waals surface area contributed by atoms with Gasteiger partial charge < -0.3 is 5.32 Å². The van der Waals surface area contributed by atoms with Crippen LogP contribution in [0.5, 0.6) is 0 Å². The van der Waals surface area contributed by atoms with Crippen LogP contribution >= 0.6 is 0 Å². The molecule has 1 N–H and O–H groups in total. The van der Waals surface area contributed by atoms with Crippen LogP contribution in [0.2, 0.25) is 0 Å². The largest absolute Gasteiger partial charge is 0.352 e. The summed E-state index contributed by atoms with van der Waals surface area (Å²) < 4.78 is 1.97. The van der Waals surface area contributed by atoms with Gasteiger partial charge in [0.25, 0.3) is 0 Å². The highest BCUT2D eigenvalue weighted by Crippen LogP contribution is 2.44. The van der Waals surface area contributed by atoms with E-state index < -0.39 is 0 Å². The molecule has 2 saturated carbocycles. The van der Waals surface area contributed by atoms with E-state index in [4.69, 9.17) is 0 Å². The summed E-state index contributed by atoms with van der Waals surface area (Å²) in [5.74, 6) is 1.75. The Morgan fingerprint density at radius 1 is 1.21 bits per heavy atom. The van der Waals surface area contributed by atoms with Crippen LogP contribution in [0.15, 0.2) is 0 Å². The fraction of sp³-hybridized carbons (Fsp3) is 0.789. The topological polar surface area (TPSA) is 50.2 Å². The average molecular weight is 330 g/mol. The molecular formula is C19H30N4O. The molecule has 132 valence electrons. The normalized spacial score (nSPS) is 24.8. The monoisotopic (exact) mass is 330 g/mol. The first-order valence-corrected chi connectivity index (χ1v) is 9.58. The first-order valence-electron chi connectivity index (χ1n) is 9.58. The number of nitrogens with one attached hydrogen (secondary N) is 1. The van der Waals surface area contributed by atoms with Crippen LogP contribution in [0.1, 0.15) is 61.5 Å². The van der Waals surface area contributed by atoms with E-state index in [-0.39, 0.29) is 5.91 Å². The van der Waals surface area contributed by atoms with Crippen molar-refractivity contribution in [3.8, 4) is 0 Å². The SMILES string of the molecule is Cc1nn(C)c(C)c1C1CCCN1CC(=O)NC(C1CC1)C1CC1. The van der Waals surface area contributed by atoms with Crippen LogP contribution in [0.25, 0.3) is 0 Å². The smallest absolute Gasteiger partial charge is 0.234 e. The number of nitrogens with zero attached hydrogens (tertiary/aromatic N) is 3. The van der Waals surface area contributed by atoms with E-state index in [1.165, 1.54) is 43.4 Å². The number of aryl methyl sites for hydroxylation is 2. The predicted molar refractivity (Wildman–Crippen MR) is 93.6 cm³/mol. The van der Waals surface area contributed by atoms with Crippen LogP contribution in [0.3, 0.4) is 0 Å². The summed E-state index contributed by atoms with van der Waals surface area (Å²) in [6.45, 7) is 5.79. The Hall–Kier alpha value is -1.36. The zero-order valence-electron chi connectivity index (χ0n) is 15.2. The van der Waals surface area contributed by atoms with Crippen molar-refractivity contribution < 1.29 is 4.79 Å². The third kappa shape index (κ3) is 3.10. The zero-order chi connectivity index (χ0) is 16.8. The Kier molecular flexibility index (Phi) is 4.15. The number of carbonyl (C=O) groups excluding carboxylic acids is 1. The molecule has 0 spiro atoms. The quantitative estimate of drug-likeness (QED) is 0.872. The maximum absolute atomic E-state index is 12.7. The molecule has 1 amide bonds. The Balaban J connectivity index is 1.42. The van der Waals surface area contributed by atoms with Gasteiger partial charge in [-0.15, -0.1) is 0 Å². The van der Waals surface area contributed by atoms with E-state index in [2.05, 4.69) is 29.2 Å². The Morgan fingerprint density at radius 2 is 1.88 bits per heavy atom. The molecule has 3 fully saturated rings. The maximum atomic E-state index is 12.7. The molecule has 2 heterocycles. The molecule has 1 atom stereocenters. The zero-order valence-corrected chi connectivity index (χ0v) is 15.2. The minimum atomic E-state index is 0.227. The van der Waals surface area contributed by atoms with E-state index >= 15 is 0 Å². The Labute approximate surface area is 144 Å². The van der Waals surface area contributed by atoms with Crippen molar-refractivity contribution in [2.75, 3.05) is 13.1 Å². The van der Waals surface area contributed by atoms with Crippen molar-refractivity contribution in [1.29, 1.82) is 0 Å². The molecule has 0 radical (unpaired) electrons. The third-order valence-corrected chi connectivity index (χ3v) is 6.20. The molecule has 0 bridgehead atoms. The summed E-state index contributed by atoms with van der Waals surface area (Å²) in [5.41, 5.74) is 3.68.